The van der Waals surface area contributed by atoms with Crippen LogP contribution in [0.2, 0.25) is 0 Å². The molecule has 0 saturated heterocycles. The number of carboxylic acid groups (broad SMARTS) is 1. The van der Waals surface area contributed by atoms with E-state index < -0.39 is 12.1 Å². The maximum atomic E-state index is 12.3. The molecule has 0 fully saturated rings. The van der Waals surface area contributed by atoms with Gasteiger partial charge in [0.05, 0.1) is 6.33 Å². The van der Waals surface area contributed by atoms with E-state index in [1.807, 2.05) is 6.07 Å². The van der Waals surface area contributed by atoms with Crippen LogP contribution in [0.15, 0.2) is 30.1 Å². The zero-order valence-corrected chi connectivity index (χ0v) is 12.4. The maximum Gasteiger partial charge on any atom is 0.490 e. The lowest BCUT2D eigenvalue weighted by Crippen LogP contribution is -2.21. The number of hydrogen-bond acceptors (Lipinski definition) is 4. The summed E-state index contributed by atoms with van der Waals surface area (Å²) < 4.78 is 49.4. The number of fused-ring (bicyclic) bond motifs is 1. The van der Waals surface area contributed by atoms with Crippen LogP contribution < -0.4 is 10.5 Å². The minimum absolute atomic E-state index is 0.111. The predicted molar refractivity (Wildman–Crippen MR) is 76.5 cm³/mol. The van der Waals surface area contributed by atoms with E-state index in [1.54, 1.807) is 12.1 Å². The first-order valence-corrected chi connectivity index (χ1v) is 6.76. The van der Waals surface area contributed by atoms with Crippen molar-refractivity contribution >= 4 is 11.8 Å². The number of alkyl halides is 3. The number of hydrogen-bond donors (Lipinski definition) is 2. The lowest BCUT2D eigenvalue weighted by Gasteiger charge is -2.08. The fourth-order valence-electron chi connectivity index (χ4n) is 1.82. The highest BCUT2D eigenvalue weighted by Crippen LogP contribution is 2.26. The molecule has 24 heavy (non-hydrogen) atoms. The van der Waals surface area contributed by atoms with Crippen LogP contribution in [-0.2, 0) is 11.2 Å². The minimum Gasteiger partial charge on any atom is -0.489 e. The second-order valence-electron chi connectivity index (χ2n) is 4.81. The smallest absolute Gasteiger partial charge is 0.489 e. The number of benzene rings is 1. The van der Waals surface area contributed by atoms with Gasteiger partial charge in [0.25, 0.3) is 0 Å². The molecule has 3 N–H and O–H groups in total. The van der Waals surface area contributed by atoms with Gasteiger partial charge in [0.1, 0.15) is 12.4 Å². The van der Waals surface area contributed by atoms with Crippen molar-refractivity contribution in [2.24, 2.45) is 5.73 Å². The monoisotopic (exact) mass is 349 g/mol. The molecule has 1 aliphatic carbocycles. The summed E-state index contributed by atoms with van der Waals surface area (Å²) in [7, 11) is 0. The first-order valence-electron chi connectivity index (χ1n) is 6.76. The van der Waals surface area contributed by atoms with E-state index in [4.69, 9.17) is 20.4 Å². The predicted octanol–water partition coefficient (Wildman–Crippen LogP) is 2.64. The number of Topliss-reactive ketones (excluding diaryl/α,β-unsaturated/α-hetero) is 1. The standard InChI is InChI=1S/C13H14FNO2.C2HF3O2/c14-6-9(7-15)8-17-11-3-1-10-2-4-13(16)12(10)5-11;3-2(4,5)1(6)7/h1,3,5-6H,2,4,7-8,15H2;(H,6,7)/b9-6+;. The zero-order valence-electron chi connectivity index (χ0n) is 12.4. The third kappa shape index (κ3) is 5.65. The third-order valence-corrected chi connectivity index (χ3v) is 3.09. The van der Waals surface area contributed by atoms with E-state index >= 15 is 0 Å². The fourth-order valence-corrected chi connectivity index (χ4v) is 1.82. The summed E-state index contributed by atoms with van der Waals surface area (Å²) in [6.45, 7) is 0.236. The Labute approximate surface area is 134 Å². The summed E-state index contributed by atoms with van der Waals surface area (Å²) in [4.78, 5) is 20.4. The zero-order chi connectivity index (χ0) is 18.3. The molecule has 1 aromatic rings. The number of ether oxygens (including phenoxy) is 1. The molecule has 0 radical (unpaired) electrons. The highest BCUT2D eigenvalue weighted by atomic mass is 19.4. The van der Waals surface area contributed by atoms with Crippen LogP contribution in [0.5, 0.6) is 5.75 Å². The quantitative estimate of drug-likeness (QED) is 0.816. The normalized spacial score (nSPS) is 13.9. The van der Waals surface area contributed by atoms with E-state index in [-0.39, 0.29) is 18.9 Å². The number of carbonyl (C=O) groups is 2. The fraction of sp³-hybridized carbons (Fsp3) is 0.333. The first-order chi connectivity index (χ1) is 11.2. The van der Waals surface area contributed by atoms with Crippen LogP contribution in [-0.4, -0.2) is 36.2 Å². The van der Waals surface area contributed by atoms with Crippen LogP contribution in [0, 0.1) is 0 Å². The van der Waals surface area contributed by atoms with Crippen molar-refractivity contribution in [1.29, 1.82) is 0 Å². The Kier molecular flexibility index (Phi) is 6.90. The number of halogens is 4. The Bertz CT molecular complexity index is 641. The highest BCUT2D eigenvalue weighted by Gasteiger charge is 2.38. The number of ketones is 1. The van der Waals surface area contributed by atoms with Crippen molar-refractivity contribution in [3.63, 3.8) is 0 Å². The largest absolute Gasteiger partial charge is 0.490 e. The average molecular weight is 349 g/mol. The molecule has 0 heterocycles. The summed E-state index contributed by atoms with van der Waals surface area (Å²) in [5.74, 6) is -2.04. The molecule has 5 nitrogen and oxygen atoms in total. The van der Waals surface area contributed by atoms with Crippen LogP contribution in [0.1, 0.15) is 22.3 Å². The topological polar surface area (TPSA) is 89.6 Å². The van der Waals surface area contributed by atoms with Gasteiger partial charge in [-0.15, -0.1) is 0 Å². The molecule has 0 aromatic heterocycles. The number of aryl methyl sites for hydroxylation is 1. The Morgan fingerprint density at radius 3 is 2.46 bits per heavy atom. The van der Waals surface area contributed by atoms with Crippen molar-refractivity contribution in [2.45, 2.75) is 19.0 Å². The second kappa shape index (κ2) is 8.44. The summed E-state index contributed by atoms with van der Waals surface area (Å²) in [5.41, 5.74) is 7.48. The number of aliphatic carboxylic acids is 1. The van der Waals surface area contributed by atoms with Crippen LogP contribution >= 0.6 is 0 Å². The molecule has 0 saturated carbocycles. The molecule has 1 aromatic carbocycles. The lowest BCUT2D eigenvalue weighted by molar-refractivity contribution is -0.192. The van der Waals surface area contributed by atoms with Crippen molar-refractivity contribution in [3.05, 3.63) is 41.2 Å². The number of carbonyl (C=O) groups excluding carboxylic acids is 1. The van der Waals surface area contributed by atoms with E-state index in [9.17, 15) is 22.4 Å². The SMILES string of the molecule is NC/C(=C\F)COc1ccc2c(c1)C(=O)CC2.O=C(O)C(F)(F)F. The highest BCUT2D eigenvalue weighted by molar-refractivity contribution is 6.00. The Morgan fingerprint density at radius 2 is 1.96 bits per heavy atom. The van der Waals surface area contributed by atoms with Gasteiger partial charge in [-0.25, -0.2) is 9.18 Å². The molecule has 0 unspecified atom stereocenters. The Morgan fingerprint density at radius 1 is 1.33 bits per heavy atom. The number of rotatable bonds is 4. The number of carboxylic acids is 1. The van der Waals surface area contributed by atoms with Gasteiger partial charge < -0.3 is 15.6 Å². The van der Waals surface area contributed by atoms with Crippen LogP contribution in [0.3, 0.4) is 0 Å². The Balaban J connectivity index is 0.000000351. The first kappa shape index (κ1) is 19.6. The van der Waals surface area contributed by atoms with Gasteiger partial charge >= 0.3 is 12.1 Å². The molecule has 9 heteroatoms. The molecule has 0 spiro atoms. The molecular weight excluding hydrogens is 334 g/mol. The van der Waals surface area contributed by atoms with Gasteiger partial charge in [-0.05, 0) is 24.1 Å². The van der Waals surface area contributed by atoms with Gasteiger partial charge in [-0.1, -0.05) is 6.07 Å². The second-order valence-corrected chi connectivity index (χ2v) is 4.81. The van der Waals surface area contributed by atoms with Gasteiger partial charge in [0.2, 0.25) is 0 Å². The maximum absolute atomic E-state index is 12.3. The molecule has 0 bridgehead atoms. The van der Waals surface area contributed by atoms with Crippen LogP contribution in [0.25, 0.3) is 0 Å². The van der Waals surface area contributed by atoms with Crippen molar-refractivity contribution in [3.8, 4) is 5.75 Å². The molecule has 0 amide bonds. The van der Waals surface area contributed by atoms with Crippen LogP contribution in [0.4, 0.5) is 17.6 Å². The lowest BCUT2D eigenvalue weighted by atomic mass is 10.1. The van der Waals surface area contributed by atoms with Gasteiger partial charge in [0.15, 0.2) is 5.78 Å². The molecular formula is C15H15F4NO4. The summed E-state index contributed by atoms with van der Waals surface area (Å²) in [5, 5.41) is 7.12. The number of nitrogens with two attached hydrogens (primary N) is 1. The molecule has 132 valence electrons. The van der Waals surface area contributed by atoms with Gasteiger partial charge in [-0.2, -0.15) is 13.2 Å². The van der Waals surface area contributed by atoms with E-state index in [0.29, 0.717) is 24.1 Å². The summed E-state index contributed by atoms with van der Waals surface area (Å²) in [6, 6.07) is 5.40. The third-order valence-electron chi connectivity index (χ3n) is 3.09. The molecule has 0 aliphatic heterocycles. The average Bonchev–Trinajstić information content (AvgIpc) is 2.89. The van der Waals surface area contributed by atoms with Gasteiger partial charge in [0, 0.05) is 24.1 Å². The van der Waals surface area contributed by atoms with Crippen molar-refractivity contribution in [1.82, 2.24) is 0 Å². The summed E-state index contributed by atoms with van der Waals surface area (Å²) >= 11 is 0. The van der Waals surface area contributed by atoms with E-state index in [1.165, 1.54) is 0 Å². The molecule has 2 rings (SSSR count). The summed E-state index contributed by atoms with van der Waals surface area (Å²) in [6.07, 6.45) is -3.26. The molecule has 1 aliphatic rings. The van der Waals surface area contributed by atoms with E-state index in [2.05, 4.69) is 0 Å². The van der Waals surface area contributed by atoms with Gasteiger partial charge in [-0.3, -0.25) is 4.79 Å². The Hall–Kier alpha value is -2.42. The van der Waals surface area contributed by atoms with E-state index in [0.717, 1.165) is 17.5 Å². The minimum atomic E-state index is -5.08. The van der Waals surface area contributed by atoms with Crippen molar-refractivity contribution in [2.75, 3.05) is 13.2 Å². The molecule has 0 atom stereocenters. The van der Waals surface area contributed by atoms with Crippen molar-refractivity contribution < 1.29 is 37.0 Å².